The Labute approximate surface area is 65.1 Å². The van der Waals surface area contributed by atoms with Crippen molar-refractivity contribution in [3.05, 3.63) is 35.9 Å². The summed E-state index contributed by atoms with van der Waals surface area (Å²) in [5, 5.41) is 11.6. The van der Waals surface area contributed by atoms with E-state index in [2.05, 4.69) is 5.16 Å². The number of hydrogen-bond acceptors (Lipinski definition) is 3. The van der Waals surface area contributed by atoms with Gasteiger partial charge in [0.25, 0.3) is 0 Å². The Morgan fingerprint density at radius 1 is 1.36 bits per heavy atom. The van der Waals surface area contributed by atoms with Gasteiger partial charge in [-0.3, -0.25) is 0 Å². The topological polar surface area (TPSA) is 58.6 Å². The molecule has 1 rings (SSSR count). The lowest BCUT2D eigenvalue weighted by molar-refractivity contribution is 0.318. The number of oxime groups is 1. The molecular weight excluding hydrogens is 140 g/mol. The van der Waals surface area contributed by atoms with Crippen molar-refractivity contribution in [1.29, 1.82) is 0 Å². The molecule has 0 aliphatic carbocycles. The second-order valence-corrected chi connectivity index (χ2v) is 2.12. The normalized spacial score (nSPS) is 11.5. The maximum Gasteiger partial charge on any atom is 0.100 e. The van der Waals surface area contributed by atoms with Gasteiger partial charge in [-0.2, -0.15) is 0 Å². The van der Waals surface area contributed by atoms with E-state index in [1.807, 2.05) is 30.3 Å². The van der Waals surface area contributed by atoms with Gasteiger partial charge in [0.15, 0.2) is 0 Å². The number of hydrogen-bond donors (Lipinski definition) is 2. The Morgan fingerprint density at radius 2 is 2.00 bits per heavy atom. The zero-order chi connectivity index (χ0) is 8.10. The van der Waals surface area contributed by atoms with E-state index in [1.165, 1.54) is 0 Å². The summed E-state index contributed by atoms with van der Waals surface area (Å²) in [4.78, 5) is 0. The van der Waals surface area contributed by atoms with Crippen molar-refractivity contribution >= 4 is 5.71 Å². The quantitative estimate of drug-likeness (QED) is 0.372. The van der Waals surface area contributed by atoms with E-state index >= 15 is 0 Å². The first-order chi connectivity index (χ1) is 5.38. The van der Waals surface area contributed by atoms with Crippen molar-refractivity contribution in [2.45, 2.75) is 0 Å². The smallest absolute Gasteiger partial charge is 0.100 e. The van der Waals surface area contributed by atoms with Crippen LogP contribution in [0.15, 0.2) is 35.5 Å². The predicted octanol–water partition coefficient (Wildman–Crippen LogP) is 0.824. The fraction of sp³-hybridized carbons (Fsp3) is 0.125. The van der Waals surface area contributed by atoms with Crippen LogP contribution >= 0.6 is 0 Å². The zero-order valence-electron chi connectivity index (χ0n) is 6.07. The van der Waals surface area contributed by atoms with Crippen molar-refractivity contribution in [3.8, 4) is 0 Å². The lowest BCUT2D eigenvalue weighted by Gasteiger charge is -1.98. The van der Waals surface area contributed by atoms with E-state index in [4.69, 9.17) is 10.9 Å². The predicted molar refractivity (Wildman–Crippen MR) is 43.8 cm³/mol. The van der Waals surface area contributed by atoms with E-state index in [9.17, 15) is 0 Å². The fourth-order valence-corrected chi connectivity index (χ4v) is 0.847. The molecule has 0 aliphatic heterocycles. The Balaban J connectivity index is 2.92. The number of nitrogens with two attached hydrogens (primary N) is 1. The molecule has 0 spiro atoms. The van der Waals surface area contributed by atoms with E-state index in [1.54, 1.807) is 0 Å². The molecular formula is C8H10N2O. The zero-order valence-corrected chi connectivity index (χ0v) is 6.07. The molecule has 0 heterocycles. The van der Waals surface area contributed by atoms with Crippen LogP contribution < -0.4 is 5.73 Å². The molecule has 3 heteroatoms. The average molecular weight is 150 g/mol. The Hall–Kier alpha value is -1.35. The van der Waals surface area contributed by atoms with Crippen LogP contribution in [0.3, 0.4) is 0 Å². The molecule has 3 N–H and O–H groups in total. The summed E-state index contributed by atoms with van der Waals surface area (Å²) in [6.07, 6.45) is 0. The third-order valence-corrected chi connectivity index (χ3v) is 1.42. The van der Waals surface area contributed by atoms with Gasteiger partial charge < -0.3 is 10.9 Å². The minimum atomic E-state index is 0.251. The summed E-state index contributed by atoms with van der Waals surface area (Å²) in [5.41, 5.74) is 6.69. The Bertz CT molecular complexity index is 244. The van der Waals surface area contributed by atoms with Crippen LogP contribution in [0.1, 0.15) is 5.56 Å². The van der Waals surface area contributed by atoms with E-state index in [0.717, 1.165) is 5.56 Å². The summed E-state index contributed by atoms with van der Waals surface area (Å²) in [7, 11) is 0. The highest BCUT2D eigenvalue weighted by Gasteiger charge is 1.98. The van der Waals surface area contributed by atoms with Crippen LogP contribution in [0, 0.1) is 0 Å². The van der Waals surface area contributed by atoms with Crippen molar-refractivity contribution in [2.75, 3.05) is 6.54 Å². The fourth-order valence-electron chi connectivity index (χ4n) is 0.847. The first-order valence-corrected chi connectivity index (χ1v) is 3.35. The van der Waals surface area contributed by atoms with Gasteiger partial charge in [-0.25, -0.2) is 0 Å². The Morgan fingerprint density at radius 3 is 2.45 bits per heavy atom. The molecule has 0 bridgehead atoms. The summed E-state index contributed by atoms with van der Waals surface area (Å²) in [5.74, 6) is 0. The molecule has 0 unspecified atom stereocenters. The third-order valence-electron chi connectivity index (χ3n) is 1.42. The van der Waals surface area contributed by atoms with Gasteiger partial charge in [-0.05, 0) is 0 Å². The lowest BCUT2D eigenvalue weighted by Crippen LogP contribution is -2.14. The van der Waals surface area contributed by atoms with Gasteiger partial charge in [0.1, 0.15) is 5.71 Å². The SMILES string of the molecule is NCC(=NO)c1ccccc1. The molecule has 0 aliphatic rings. The molecule has 11 heavy (non-hydrogen) atoms. The summed E-state index contributed by atoms with van der Waals surface area (Å²) in [6, 6.07) is 9.34. The lowest BCUT2D eigenvalue weighted by atomic mass is 10.1. The molecule has 0 saturated carbocycles. The van der Waals surface area contributed by atoms with Gasteiger partial charge >= 0.3 is 0 Å². The van der Waals surface area contributed by atoms with Gasteiger partial charge in [-0.1, -0.05) is 35.5 Å². The van der Waals surface area contributed by atoms with E-state index in [0.29, 0.717) is 5.71 Å². The van der Waals surface area contributed by atoms with Crippen molar-refractivity contribution < 1.29 is 5.21 Å². The molecule has 58 valence electrons. The standard InChI is InChI=1S/C8H10N2O/c9-6-8(10-11)7-4-2-1-3-5-7/h1-5,11H,6,9H2. The summed E-state index contributed by atoms with van der Waals surface area (Å²) < 4.78 is 0. The van der Waals surface area contributed by atoms with Gasteiger partial charge in [0.2, 0.25) is 0 Å². The highest BCUT2D eigenvalue weighted by molar-refractivity contribution is 6.01. The van der Waals surface area contributed by atoms with Crippen LogP contribution in [-0.4, -0.2) is 17.5 Å². The van der Waals surface area contributed by atoms with Crippen LogP contribution in [-0.2, 0) is 0 Å². The van der Waals surface area contributed by atoms with Gasteiger partial charge in [0.05, 0.1) is 0 Å². The molecule has 3 nitrogen and oxygen atoms in total. The summed E-state index contributed by atoms with van der Waals surface area (Å²) in [6.45, 7) is 0.251. The monoisotopic (exact) mass is 150 g/mol. The van der Waals surface area contributed by atoms with Crippen LogP contribution in [0.2, 0.25) is 0 Å². The first kappa shape index (κ1) is 7.75. The second kappa shape index (κ2) is 3.73. The van der Waals surface area contributed by atoms with E-state index < -0.39 is 0 Å². The Kier molecular flexibility index (Phi) is 2.63. The van der Waals surface area contributed by atoms with Crippen LogP contribution in [0.5, 0.6) is 0 Å². The average Bonchev–Trinajstić information content (AvgIpc) is 2.09. The maximum atomic E-state index is 8.49. The number of benzene rings is 1. The van der Waals surface area contributed by atoms with Crippen molar-refractivity contribution in [1.82, 2.24) is 0 Å². The number of rotatable bonds is 2. The second-order valence-electron chi connectivity index (χ2n) is 2.12. The first-order valence-electron chi connectivity index (χ1n) is 3.35. The van der Waals surface area contributed by atoms with Crippen LogP contribution in [0.25, 0.3) is 0 Å². The highest BCUT2D eigenvalue weighted by atomic mass is 16.4. The molecule has 0 atom stereocenters. The van der Waals surface area contributed by atoms with E-state index in [-0.39, 0.29) is 6.54 Å². The largest absolute Gasteiger partial charge is 0.411 e. The molecule has 0 fully saturated rings. The summed E-state index contributed by atoms with van der Waals surface area (Å²) >= 11 is 0. The van der Waals surface area contributed by atoms with Gasteiger partial charge in [0, 0.05) is 12.1 Å². The minimum absolute atomic E-state index is 0.251. The number of nitrogens with zero attached hydrogens (tertiary/aromatic N) is 1. The molecule has 0 aromatic heterocycles. The maximum absolute atomic E-state index is 8.49. The van der Waals surface area contributed by atoms with Gasteiger partial charge in [-0.15, -0.1) is 0 Å². The molecule has 1 aromatic rings. The molecule has 0 radical (unpaired) electrons. The van der Waals surface area contributed by atoms with Crippen molar-refractivity contribution in [3.63, 3.8) is 0 Å². The highest BCUT2D eigenvalue weighted by Crippen LogP contribution is 1.99. The third kappa shape index (κ3) is 1.78. The van der Waals surface area contributed by atoms with Crippen molar-refractivity contribution in [2.24, 2.45) is 10.9 Å². The molecule has 1 aromatic carbocycles. The van der Waals surface area contributed by atoms with Crippen LogP contribution in [0.4, 0.5) is 0 Å². The molecule has 0 saturated heterocycles. The minimum Gasteiger partial charge on any atom is -0.411 e. The molecule has 0 amide bonds.